The zero-order chi connectivity index (χ0) is 14.8. The molecule has 0 aliphatic carbocycles. The second-order valence-electron chi connectivity index (χ2n) is 5.38. The lowest BCUT2D eigenvalue weighted by molar-refractivity contribution is 0.275. The molecular weight excluding hydrogens is 305 g/mol. The molecule has 0 unspecified atom stereocenters. The average molecular weight is 322 g/mol. The van der Waals surface area contributed by atoms with Gasteiger partial charge in [-0.05, 0) is 43.6 Å². The van der Waals surface area contributed by atoms with Gasteiger partial charge >= 0.3 is 0 Å². The maximum atomic E-state index is 10.4. The quantitative estimate of drug-likeness (QED) is 0.870. The summed E-state index contributed by atoms with van der Waals surface area (Å²) in [7, 11) is 0. The van der Waals surface area contributed by atoms with Crippen molar-refractivity contribution in [1.29, 1.82) is 0 Å². The number of hydrogen-bond acceptors (Lipinski definition) is 2. The Hall–Kier alpha value is -1.22. The molecule has 21 heavy (non-hydrogen) atoms. The maximum Gasteiger partial charge on any atom is 0.139 e. The van der Waals surface area contributed by atoms with E-state index >= 15 is 0 Å². The van der Waals surface area contributed by atoms with Crippen LogP contribution in [0.1, 0.15) is 30.0 Å². The summed E-state index contributed by atoms with van der Waals surface area (Å²) in [4.78, 5) is 2.37. The van der Waals surface area contributed by atoms with Gasteiger partial charge in [-0.2, -0.15) is 0 Å². The number of halogens is 2. The third-order valence-corrected chi connectivity index (χ3v) is 4.48. The highest BCUT2D eigenvalue weighted by molar-refractivity contribution is 6.35. The molecule has 1 saturated heterocycles. The molecule has 4 heteroatoms. The van der Waals surface area contributed by atoms with Crippen molar-refractivity contribution in [3.63, 3.8) is 0 Å². The topological polar surface area (TPSA) is 23.5 Å². The SMILES string of the molecule is Oc1c(Cl)cc(Cl)cc1[C@H](c1ccccc1)N1CCCC1. The zero-order valence-corrected chi connectivity index (χ0v) is 13.1. The van der Waals surface area contributed by atoms with Crippen LogP contribution >= 0.6 is 23.2 Å². The molecule has 1 fully saturated rings. The monoisotopic (exact) mass is 321 g/mol. The van der Waals surface area contributed by atoms with Crippen LogP contribution in [0.4, 0.5) is 0 Å². The van der Waals surface area contributed by atoms with Crippen molar-refractivity contribution in [2.45, 2.75) is 18.9 Å². The number of aromatic hydroxyl groups is 1. The molecule has 2 aromatic rings. The summed E-state index contributed by atoms with van der Waals surface area (Å²) >= 11 is 12.3. The van der Waals surface area contributed by atoms with Gasteiger partial charge in [-0.25, -0.2) is 0 Å². The first-order valence-electron chi connectivity index (χ1n) is 7.13. The largest absolute Gasteiger partial charge is 0.506 e. The zero-order valence-electron chi connectivity index (χ0n) is 11.6. The van der Waals surface area contributed by atoms with Crippen LogP contribution in [-0.4, -0.2) is 23.1 Å². The molecule has 2 nitrogen and oxygen atoms in total. The van der Waals surface area contributed by atoms with Crippen LogP contribution in [0, 0.1) is 0 Å². The first-order valence-corrected chi connectivity index (χ1v) is 7.89. The van der Waals surface area contributed by atoms with Crippen LogP contribution < -0.4 is 0 Å². The Morgan fingerprint density at radius 2 is 1.67 bits per heavy atom. The first kappa shape index (κ1) is 14.7. The van der Waals surface area contributed by atoms with Crippen molar-refractivity contribution in [3.05, 3.63) is 63.6 Å². The second-order valence-corrected chi connectivity index (χ2v) is 6.23. The van der Waals surface area contributed by atoms with Crippen molar-refractivity contribution >= 4 is 23.2 Å². The van der Waals surface area contributed by atoms with Crippen LogP contribution in [0.2, 0.25) is 10.0 Å². The Bertz CT molecular complexity index is 624. The standard InChI is InChI=1S/C17H17Cl2NO/c18-13-10-14(17(21)15(19)11-13)16(20-8-4-5-9-20)12-6-2-1-3-7-12/h1-3,6-7,10-11,16,21H,4-5,8-9H2/t16-/m0/s1. The minimum absolute atomic E-state index is 0.00935. The number of phenols is 1. The lowest BCUT2D eigenvalue weighted by Gasteiger charge is -2.29. The molecule has 0 radical (unpaired) electrons. The van der Waals surface area contributed by atoms with Gasteiger partial charge in [0.2, 0.25) is 0 Å². The van der Waals surface area contributed by atoms with Gasteiger partial charge in [0.1, 0.15) is 5.75 Å². The minimum atomic E-state index is -0.00935. The third kappa shape index (κ3) is 3.03. The summed E-state index contributed by atoms with van der Waals surface area (Å²) in [5.74, 6) is 0.127. The van der Waals surface area contributed by atoms with Crippen LogP contribution in [-0.2, 0) is 0 Å². The molecule has 1 heterocycles. The predicted octanol–water partition coefficient (Wildman–Crippen LogP) is 4.88. The van der Waals surface area contributed by atoms with Gasteiger partial charge in [0.05, 0.1) is 11.1 Å². The fourth-order valence-electron chi connectivity index (χ4n) is 3.02. The number of rotatable bonds is 3. The molecule has 0 amide bonds. The van der Waals surface area contributed by atoms with E-state index < -0.39 is 0 Å². The average Bonchev–Trinajstić information content (AvgIpc) is 2.99. The molecular formula is C17H17Cl2NO. The van der Waals surface area contributed by atoms with Gasteiger partial charge in [-0.1, -0.05) is 53.5 Å². The number of hydrogen-bond donors (Lipinski definition) is 1. The number of likely N-dealkylation sites (tertiary alicyclic amines) is 1. The van der Waals surface area contributed by atoms with Crippen molar-refractivity contribution in [1.82, 2.24) is 4.90 Å². The fourth-order valence-corrected chi connectivity index (χ4v) is 3.53. The predicted molar refractivity (Wildman–Crippen MR) is 87.2 cm³/mol. The van der Waals surface area contributed by atoms with Gasteiger partial charge in [0.25, 0.3) is 0 Å². The van der Waals surface area contributed by atoms with E-state index in [0.29, 0.717) is 10.0 Å². The molecule has 1 aliphatic heterocycles. The Balaban J connectivity index is 2.11. The first-order chi connectivity index (χ1) is 10.2. The smallest absolute Gasteiger partial charge is 0.139 e. The van der Waals surface area contributed by atoms with Crippen LogP contribution in [0.15, 0.2) is 42.5 Å². The summed E-state index contributed by atoms with van der Waals surface area (Å²) < 4.78 is 0. The molecule has 1 aliphatic rings. The molecule has 0 spiro atoms. The maximum absolute atomic E-state index is 10.4. The lowest BCUT2D eigenvalue weighted by atomic mass is 9.96. The minimum Gasteiger partial charge on any atom is -0.506 e. The van der Waals surface area contributed by atoms with E-state index in [1.807, 2.05) is 24.3 Å². The molecule has 110 valence electrons. The van der Waals surface area contributed by atoms with Crippen LogP contribution in [0.25, 0.3) is 0 Å². The second kappa shape index (κ2) is 6.27. The van der Waals surface area contributed by atoms with E-state index in [1.165, 1.54) is 12.8 Å². The molecule has 0 saturated carbocycles. The lowest BCUT2D eigenvalue weighted by Crippen LogP contribution is -2.26. The number of benzene rings is 2. The number of phenolic OH excluding ortho intramolecular Hbond substituents is 1. The van der Waals surface area contributed by atoms with Crippen molar-refractivity contribution in [3.8, 4) is 5.75 Å². The van der Waals surface area contributed by atoms with E-state index in [9.17, 15) is 5.11 Å². The Labute approximate surface area is 134 Å². The normalized spacial score (nSPS) is 17.0. The highest BCUT2D eigenvalue weighted by Gasteiger charge is 2.28. The van der Waals surface area contributed by atoms with E-state index in [-0.39, 0.29) is 11.8 Å². The van der Waals surface area contributed by atoms with E-state index in [1.54, 1.807) is 6.07 Å². The molecule has 3 rings (SSSR count). The Kier molecular flexibility index (Phi) is 4.39. The molecule has 1 atom stereocenters. The van der Waals surface area contributed by atoms with E-state index in [4.69, 9.17) is 23.2 Å². The third-order valence-electron chi connectivity index (χ3n) is 3.97. The molecule has 0 bridgehead atoms. The van der Waals surface area contributed by atoms with Gasteiger partial charge in [0, 0.05) is 10.6 Å². The van der Waals surface area contributed by atoms with Crippen molar-refractivity contribution < 1.29 is 5.11 Å². The molecule has 2 aromatic carbocycles. The summed E-state index contributed by atoms with van der Waals surface area (Å²) in [5, 5.41) is 11.2. The van der Waals surface area contributed by atoms with Gasteiger partial charge in [-0.3, -0.25) is 4.90 Å². The Morgan fingerprint density at radius 1 is 1.00 bits per heavy atom. The highest BCUT2D eigenvalue weighted by Crippen LogP contribution is 2.41. The van der Waals surface area contributed by atoms with E-state index in [0.717, 1.165) is 24.2 Å². The number of nitrogens with zero attached hydrogens (tertiary/aromatic N) is 1. The molecule has 1 N–H and O–H groups in total. The van der Waals surface area contributed by atoms with Gasteiger partial charge in [-0.15, -0.1) is 0 Å². The van der Waals surface area contributed by atoms with Crippen LogP contribution in [0.3, 0.4) is 0 Å². The summed E-state index contributed by atoms with van der Waals surface area (Å²) in [6, 6.07) is 13.6. The molecule has 0 aromatic heterocycles. The fraction of sp³-hybridized carbons (Fsp3) is 0.294. The van der Waals surface area contributed by atoms with Crippen molar-refractivity contribution in [2.24, 2.45) is 0 Å². The van der Waals surface area contributed by atoms with Gasteiger partial charge < -0.3 is 5.11 Å². The van der Waals surface area contributed by atoms with Crippen molar-refractivity contribution in [2.75, 3.05) is 13.1 Å². The van der Waals surface area contributed by atoms with E-state index in [2.05, 4.69) is 17.0 Å². The summed E-state index contributed by atoms with van der Waals surface area (Å²) in [6.07, 6.45) is 2.36. The van der Waals surface area contributed by atoms with Gasteiger partial charge in [0.15, 0.2) is 0 Å². The van der Waals surface area contributed by atoms with Crippen LogP contribution in [0.5, 0.6) is 5.75 Å². The summed E-state index contributed by atoms with van der Waals surface area (Å²) in [5.41, 5.74) is 1.92. The Morgan fingerprint density at radius 3 is 2.33 bits per heavy atom. The highest BCUT2D eigenvalue weighted by atomic mass is 35.5. The summed E-state index contributed by atoms with van der Waals surface area (Å²) in [6.45, 7) is 2.03.